The second-order valence-corrected chi connectivity index (χ2v) is 0.821. The normalized spacial score (nSPS) is 6.50. The Morgan fingerprint density at radius 2 is 1.38 bits per heavy atom. The van der Waals surface area contributed by atoms with E-state index in [9.17, 15) is 9.59 Å². The van der Waals surface area contributed by atoms with Crippen LogP contribution in [-0.2, 0) is 32.0 Å². The Morgan fingerprint density at radius 3 is 1.38 bits per heavy atom. The topological polar surface area (TPSA) is 74.6 Å². The van der Waals surface area contributed by atoms with Crippen molar-refractivity contribution in [3.05, 3.63) is 6.42 Å². The molecule has 0 aromatic rings. The summed E-state index contributed by atoms with van der Waals surface area (Å²) in [6, 6.07) is 0. The van der Waals surface area contributed by atoms with E-state index in [-0.39, 0.29) is 28.8 Å². The van der Waals surface area contributed by atoms with Crippen LogP contribution in [0.5, 0.6) is 0 Å². The number of hydrogen-bond donors (Lipinski definition) is 2. The third kappa shape index (κ3) is 9.12. The Labute approximate surface area is 61.0 Å². The van der Waals surface area contributed by atoms with Gasteiger partial charge in [-0.2, -0.15) is 6.42 Å². The van der Waals surface area contributed by atoms with Crippen molar-refractivity contribution in [3.63, 3.8) is 0 Å². The molecule has 0 aromatic heterocycles. The second-order valence-electron chi connectivity index (χ2n) is 0.821. The first-order chi connectivity index (χ1) is 3.13. The van der Waals surface area contributed by atoms with Crippen LogP contribution in [-0.4, -0.2) is 22.2 Å². The van der Waals surface area contributed by atoms with Crippen molar-refractivity contribution in [2.45, 2.75) is 0 Å². The van der Waals surface area contributed by atoms with Crippen molar-refractivity contribution in [2.75, 3.05) is 0 Å². The Hall–Kier alpha value is -0.450. The predicted molar refractivity (Wildman–Crippen MR) is 19.6 cm³/mol. The Balaban J connectivity index is 0. The van der Waals surface area contributed by atoms with Crippen LogP contribution in [0.15, 0.2) is 0 Å². The average molecular weight is 300 g/mol. The molecule has 8 heavy (non-hydrogen) atoms. The van der Waals surface area contributed by atoms with Gasteiger partial charge < -0.3 is 10.2 Å². The Kier molecular flexibility index (Phi) is 6.18. The summed E-state index contributed by atoms with van der Waals surface area (Å²) in [5.41, 5.74) is 0. The minimum absolute atomic E-state index is 0. The molecular formula is C3H3AuO4. The number of rotatable bonds is 2. The van der Waals surface area contributed by atoms with Crippen molar-refractivity contribution < 1.29 is 42.2 Å². The summed E-state index contributed by atoms with van der Waals surface area (Å²) in [7, 11) is 0. The molecule has 0 aliphatic carbocycles. The van der Waals surface area contributed by atoms with Crippen LogP contribution < -0.4 is 0 Å². The van der Waals surface area contributed by atoms with Crippen LogP contribution in [0.25, 0.3) is 0 Å². The van der Waals surface area contributed by atoms with Gasteiger partial charge in [0.2, 0.25) is 0 Å². The summed E-state index contributed by atoms with van der Waals surface area (Å²) in [6.45, 7) is 0. The first-order valence-corrected chi connectivity index (χ1v) is 1.43. The van der Waals surface area contributed by atoms with Crippen molar-refractivity contribution in [3.8, 4) is 0 Å². The van der Waals surface area contributed by atoms with Crippen molar-refractivity contribution in [1.29, 1.82) is 0 Å². The van der Waals surface area contributed by atoms with Gasteiger partial charge in [0.25, 0.3) is 0 Å². The largest absolute Gasteiger partial charge is 1.00 e. The smallest absolute Gasteiger partial charge is 0.503 e. The summed E-state index contributed by atoms with van der Waals surface area (Å²) in [6.07, 6.45) is 0.167. The molecule has 0 amide bonds. The molecule has 5 heteroatoms. The van der Waals surface area contributed by atoms with Gasteiger partial charge in [0.15, 0.2) is 11.9 Å². The van der Waals surface area contributed by atoms with Crippen LogP contribution >= 0.6 is 0 Å². The Morgan fingerprint density at radius 1 is 1.12 bits per heavy atom. The zero-order valence-corrected chi connectivity index (χ0v) is 5.76. The molecule has 4 nitrogen and oxygen atoms in total. The molecule has 0 saturated carbocycles. The van der Waals surface area contributed by atoms with E-state index in [0.717, 1.165) is 0 Å². The molecule has 0 bridgehead atoms. The minimum Gasteiger partial charge on any atom is -0.503 e. The van der Waals surface area contributed by atoms with E-state index >= 15 is 0 Å². The molecule has 0 fully saturated rings. The SMILES string of the molecule is O=C(O)[CH-]C(=O)O.[Au+]. The molecule has 0 heterocycles. The molecule has 0 aromatic carbocycles. The van der Waals surface area contributed by atoms with Gasteiger partial charge in [-0.15, -0.1) is 0 Å². The molecule has 0 atom stereocenters. The summed E-state index contributed by atoms with van der Waals surface area (Å²) >= 11 is 0. The summed E-state index contributed by atoms with van der Waals surface area (Å²) < 4.78 is 0. The summed E-state index contributed by atoms with van der Waals surface area (Å²) in [5, 5.41) is 15.3. The quantitative estimate of drug-likeness (QED) is 0.404. The molecule has 0 aliphatic heterocycles. The number of aliphatic carboxylic acids is 2. The van der Waals surface area contributed by atoms with Gasteiger partial charge in [0.1, 0.15) is 0 Å². The first kappa shape index (κ1) is 10.5. The molecule has 0 rings (SSSR count). The van der Waals surface area contributed by atoms with Crippen molar-refractivity contribution in [1.82, 2.24) is 0 Å². The van der Waals surface area contributed by atoms with E-state index in [1.807, 2.05) is 0 Å². The van der Waals surface area contributed by atoms with E-state index in [0.29, 0.717) is 0 Å². The summed E-state index contributed by atoms with van der Waals surface area (Å²) in [4.78, 5) is 18.7. The molecule has 0 radical (unpaired) electrons. The van der Waals surface area contributed by atoms with E-state index in [2.05, 4.69) is 0 Å². The van der Waals surface area contributed by atoms with Gasteiger partial charge in [-0.25, -0.2) is 0 Å². The van der Waals surface area contributed by atoms with Crippen LogP contribution in [0.4, 0.5) is 0 Å². The van der Waals surface area contributed by atoms with Gasteiger partial charge in [-0.05, 0) is 0 Å². The average Bonchev–Trinajstić information content (AvgIpc) is 1.27. The zero-order valence-electron chi connectivity index (χ0n) is 3.59. The molecule has 0 unspecified atom stereocenters. The number of carbonyl (C=O) groups is 2. The zero-order chi connectivity index (χ0) is 5.86. The standard InChI is InChI=1S/C3H3O4.Au/c4-2(5)1-3(6)7;/h1H,(H,4,5)(H,6,7);/q-1;+1. The molecule has 50 valence electrons. The first-order valence-electron chi connectivity index (χ1n) is 1.43. The maximum Gasteiger partial charge on any atom is 1.00 e. The van der Waals surface area contributed by atoms with Crippen molar-refractivity contribution >= 4 is 11.9 Å². The molecule has 2 N–H and O–H groups in total. The van der Waals surface area contributed by atoms with Crippen LogP contribution in [0.1, 0.15) is 0 Å². The van der Waals surface area contributed by atoms with Crippen molar-refractivity contribution in [2.24, 2.45) is 0 Å². The predicted octanol–water partition coefficient (Wildman–Crippen LogP) is -0.643. The molecular weight excluding hydrogens is 297 g/mol. The molecule has 0 aliphatic rings. The second kappa shape index (κ2) is 4.70. The van der Waals surface area contributed by atoms with Gasteiger partial charge in [-0.3, -0.25) is 9.59 Å². The van der Waals surface area contributed by atoms with E-state index < -0.39 is 11.9 Å². The van der Waals surface area contributed by atoms with Crippen LogP contribution in [0.3, 0.4) is 0 Å². The van der Waals surface area contributed by atoms with E-state index in [1.165, 1.54) is 0 Å². The van der Waals surface area contributed by atoms with Gasteiger partial charge in [0.05, 0.1) is 0 Å². The van der Waals surface area contributed by atoms with E-state index in [1.54, 1.807) is 0 Å². The number of carboxylic acid groups (broad SMARTS) is 2. The fraction of sp³-hybridized carbons (Fsp3) is 0. The Bertz CT molecular complexity index is 87.5. The third-order valence-electron chi connectivity index (χ3n) is 0.247. The van der Waals surface area contributed by atoms with Gasteiger partial charge in [-0.1, -0.05) is 0 Å². The number of hydrogen-bond acceptors (Lipinski definition) is 2. The van der Waals surface area contributed by atoms with Gasteiger partial charge >= 0.3 is 22.4 Å². The molecule has 0 saturated heterocycles. The third-order valence-corrected chi connectivity index (χ3v) is 0.247. The molecule has 0 spiro atoms. The number of carboxylic acids is 2. The summed E-state index contributed by atoms with van der Waals surface area (Å²) in [5.74, 6) is -2.87. The van der Waals surface area contributed by atoms with Gasteiger partial charge in [0, 0.05) is 0 Å². The monoisotopic (exact) mass is 300 g/mol. The van der Waals surface area contributed by atoms with Crippen LogP contribution in [0, 0.1) is 6.42 Å². The van der Waals surface area contributed by atoms with E-state index in [4.69, 9.17) is 10.2 Å². The fourth-order valence-corrected chi connectivity index (χ4v) is 0.106. The maximum atomic E-state index is 9.37. The fourth-order valence-electron chi connectivity index (χ4n) is 0.106. The maximum absolute atomic E-state index is 9.37. The van der Waals surface area contributed by atoms with Crippen LogP contribution in [0.2, 0.25) is 0 Å². The minimum atomic E-state index is -1.44.